The number of aromatic nitrogens is 2. The molecule has 3 aromatic rings. The van der Waals surface area contributed by atoms with Gasteiger partial charge in [0.1, 0.15) is 5.75 Å². The molecule has 1 unspecified atom stereocenters. The molecule has 1 amide bonds. The lowest BCUT2D eigenvalue weighted by molar-refractivity contribution is -0.905. The number of benzene rings is 2. The molecule has 8 heteroatoms. The van der Waals surface area contributed by atoms with Crippen molar-refractivity contribution < 1.29 is 19.0 Å². The number of methoxy groups -OCH3 is 1. The number of carbonyl (C=O) groups excluding carboxylic acids is 1. The van der Waals surface area contributed by atoms with Crippen LogP contribution in [0.15, 0.2) is 53.1 Å². The Bertz CT molecular complexity index is 927. The monoisotopic (exact) mass is 401 g/mol. The van der Waals surface area contributed by atoms with Crippen LogP contribution >= 0.6 is 11.6 Å². The minimum absolute atomic E-state index is 0.0865. The molecule has 3 rings (SSSR count). The smallest absolute Gasteiger partial charge is 0.282 e. The Kier molecular flexibility index (Phi) is 6.62. The Balaban J connectivity index is 1.58. The van der Waals surface area contributed by atoms with Crippen LogP contribution in [0, 0.1) is 0 Å². The molecular formula is C20H22ClN4O3+. The molecule has 1 heterocycles. The minimum Gasteiger partial charge on any atom is -0.497 e. The number of hydrogen-bond acceptors (Lipinski definition) is 5. The first-order valence-corrected chi connectivity index (χ1v) is 9.31. The number of anilines is 1. The molecule has 1 aromatic heterocycles. The van der Waals surface area contributed by atoms with E-state index in [0.717, 1.165) is 28.4 Å². The summed E-state index contributed by atoms with van der Waals surface area (Å²) in [5, 5.41) is 7.50. The van der Waals surface area contributed by atoms with Gasteiger partial charge in [0.25, 0.3) is 11.8 Å². The number of nitrogens with zero attached hydrogens (tertiary/aromatic N) is 2. The first kappa shape index (κ1) is 19.9. The zero-order valence-corrected chi connectivity index (χ0v) is 16.5. The molecule has 2 aromatic carbocycles. The van der Waals surface area contributed by atoms with Crippen molar-refractivity contribution in [3.63, 3.8) is 0 Å². The fourth-order valence-corrected chi connectivity index (χ4v) is 2.89. The predicted molar refractivity (Wildman–Crippen MR) is 106 cm³/mol. The van der Waals surface area contributed by atoms with E-state index in [0.29, 0.717) is 23.3 Å². The van der Waals surface area contributed by atoms with Crippen molar-refractivity contribution in [2.45, 2.75) is 13.5 Å². The molecule has 0 bridgehead atoms. The summed E-state index contributed by atoms with van der Waals surface area (Å²) < 4.78 is 10.5. The van der Waals surface area contributed by atoms with Crippen molar-refractivity contribution in [3.8, 4) is 17.1 Å². The largest absolute Gasteiger partial charge is 0.497 e. The second kappa shape index (κ2) is 9.34. The van der Waals surface area contributed by atoms with Gasteiger partial charge in [0.05, 0.1) is 13.7 Å². The van der Waals surface area contributed by atoms with Crippen LogP contribution in [0.1, 0.15) is 12.8 Å². The molecule has 0 aliphatic heterocycles. The van der Waals surface area contributed by atoms with Crippen molar-refractivity contribution >= 4 is 23.2 Å². The lowest BCUT2D eigenvalue weighted by Crippen LogP contribution is -3.11. The summed E-state index contributed by atoms with van der Waals surface area (Å²) in [7, 11) is 1.60. The van der Waals surface area contributed by atoms with Crippen LogP contribution in [-0.4, -0.2) is 36.2 Å². The second-order valence-corrected chi connectivity index (χ2v) is 6.69. The Hall–Kier alpha value is -2.90. The van der Waals surface area contributed by atoms with Crippen LogP contribution < -0.4 is 15.0 Å². The number of hydrogen-bond donors (Lipinski definition) is 2. The third-order valence-corrected chi connectivity index (χ3v) is 4.47. The second-order valence-electron chi connectivity index (χ2n) is 6.26. The van der Waals surface area contributed by atoms with E-state index in [1.807, 2.05) is 19.1 Å². The molecule has 146 valence electrons. The maximum absolute atomic E-state index is 12.3. The summed E-state index contributed by atoms with van der Waals surface area (Å²) in [6.45, 7) is 3.49. The molecule has 0 aliphatic rings. The summed E-state index contributed by atoms with van der Waals surface area (Å²) >= 11 is 6.01. The fourth-order valence-electron chi connectivity index (χ4n) is 2.70. The highest BCUT2D eigenvalue weighted by molar-refractivity contribution is 6.30. The summed E-state index contributed by atoms with van der Waals surface area (Å²) in [4.78, 5) is 17.8. The number of carbonyl (C=O) groups is 1. The lowest BCUT2D eigenvalue weighted by Gasteiger charge is -2.15. The van der Waals surface area contributed by atoms with E-state index in [1.165, 1.54) is 0 Å². The number of likely N-dealkylation sites (N-methyl/N-ethyl adjacent to an activating group) is 1. The van der Waals surface area contributed by atoms with Gasteiger partial charge in [0, 0.05) is 16.3 Å². The van der Waals surface area contributed by atoms with Crippen molar-refractivity contribution in [1.29, 1.82) is 0 Å². The standard InChI is InChI=1S/C20H21ClN4O3/c1-3-25(12-18(26)22-16-7-9-17(27-2)10-8-16)13-19-23-20(24-28-19)14-5-4-6-15(21)11-14/h4-11H,3,12-13H2,1-2H3,(H,22,26)/p+1. The van der Waals surface area contributed by atoms with E-state index < -0.39 is 0 Å². The van der Waals surface area contributed by atoms with Gasteiger partial charge < -0.3 is 19.5 Å². The lowest BCUT2D eigenvalue weighted by atomic mass is 10.2. The van der Waals surface area contributed by atoms with Crippen LogP contribution in [0.2, 0.25) is 5.02 Å². The van der Waals surface area contributed by atoms with E-state index in [9.17, 15) is 4.79 Å². The highest BCUT2D eigenvalue weighted by atomic mass is 35.5. The van der Waals surface area contributed by atoms with Gasteiger partial charge in [-0.25, -0.2) is 0 Å². The summed E-state index contributed by atoms with van der Waals surface area (Å²) in [6.07, 6.45) is 0. The number of halogens is 1. The molecule has 0 aliphatic carbocycles. The number of rotatable bonds is 8. The molecule has 0 saturated carbocycles. The Labute approximate surface area is 168 Å². The van der Waals surface area contributed by atoms with Crippen LogP contribution in [-0.2, 0) is 11.3 Å². The number of ether oxygens (including phenoxy) is 1. The molecule has 28 heavy (non-hydrogen) atoms. The van der Waals surface area contributed by atoms with Gasteiger partial charge in [-0.05, 0) is 43.3 Å². The van der Waals surface area contributed by atoms with E-state index in [2.05, 4.69) is 15.5 Å². The van der Waals surface area contributed by atoms with Gasteiger partial charge in [0.2, 0.25) is 5.82 Å². The minimum atomic E-state index is -0.0865. The molecule has 0 saturated heterocycles. The Morgan fingerprint density at radius 3 is 2.71 bits per heavy atom. The third-order valence-electron chi connectivity index (χ3n) is 4.24. The van der Waals surface area contributed by atoms with Crippen LogP contribution in [0.25, 0.3) is 11.4 Å². The first-order chi connectivity index (χ1) is 13.6. The highest BCUT2D eigenvalue weighted by Crippen LogP contribution is 2.19. The van der Waals surface area contributed by atoms with Crippen LogP contribution in [0.5, 0.6) is 5.75 Å². The summed E-state index contributed by atoms with van der Waals surface area (Å²) in [6, 6.07) is 14.5. The highest BCUT2D eigenvalue weighted by Gasteiger charge is 2.18. The quantitative estimate of drug-likeness (QED) is 0.606. The SMILES string of the molecule is CC[NH+](CC(=O)Nc1ccc(OC)cc1)Cc1nc(-c2cccc(Cl)c2)no1. The van der Waals surface area contributed by atoms with Crippen molar-refractivity contribution in [2.24, 2.45) is 0 Å². The zero-order valence-electron chi connectivity index (χ0n) is 15.7. The average molecular weight is 402 g/mol. The van der Waals surface area contributed by atoms with Gasteiger partial charge in [-0.15, -0.1) is 0 Å². The van der Waals surface area contributed by atoms with E-state index in [4.69, 9.17) is 20.9 Å². The van der Waals surface area contributed by atoms with Crippen LogP contribution in [0.3, 0.4) is 0 Å². The van der Waals surface area contributed by atoms with Gasteiger partial charge in [-0.3, -0.25) is 4.79 Å². The molecule has 0 radical (unpaired) electrons. The third kappa shape index (κ3) is 5.31. The van der Waals surface area contributed by atoms with E-state index >= 15 is 0 Å². The fraction of sp³-hybridized carbons (Fsp3) is 0.250. The number of nitrogens with one attached hydrogen (secondary N) is 2. The maximum atomic E-state index is 12.3. The van der Waals surface area contributed by atoms with Crippen molar-refractivity contribution in [3.05, 3.63) is 59.4 Å². The van der Waals surface area contributed by atoms with Crippen molar-refractivity contribution in [1.82, 2.24) is 10.1 Å². The molecular weight excluding hydrogens is 380 g/mol. The maximum Gasteiger partial charge on any atom is 0.282 e. The molecule has 0 fully saturated rings. The Morgan fingerprint density at radius 2 is 2.04 bits per heavy atom. The van der Waals surface area contributed by atoms with E-state index in [-0.39, 0.29) is 12.5 Å². The molecule has 2 N–H and O–H groups in total. The van der Waals surface area contributed by atoms with Crippen LogP contribution in [0.4, 0.5) is 5.69 Å². The average Bonchev–Trinajstić information content (AvgIpc) is 3.16. The molecule has 1 atom stereocenters. The predicted octanol–water partition coefficient (Wildman–Crippen LogP) is 2.44. The van der Waals surface area contributed by atoms with Gasteiger partial charge >= 0.3 is 0 Å². The van der Waals surface area contributed by atoms with Gasteiger partial charge in [-0.2, -0.15) is 4.98 Å². The summed E-state index contributed by atoms with van der Waals surface area (Å²) in [5.41, 5.74) is 1.51. The molecule has 7 nitrogen and oxygen atoms in total. The van der Waals surface area contributed by atoms with Gasteiger partial charge in [-0.1, -0.05) is 28.9 Å². The molecule has 0 spiro atoms. The van der Waals surface area contributed by atoms with Gasteiger partial charge in [0.15, 0.2) is 13.1 Å². The summed E-state index contributed by atoms with van der Waals surface area (Å²) in [5.74, 6) is 1.61. The van der Waals surface area contributed by atoms with Crippen molar-refractivity contribution in [2.75, 3.05) is 25.5 Å². The van der Waals surface area contributed by atoms with E-state index in [1.54, 1.807) is 43.5 Å². The number of quaternary nitrogens is 1. The zero-order chi connectivity index (χ0) is 19.9. The Morgan fingerprint density at radius 1 is 1.25 bits per heavy atom. The first-order valence-electron chi connectivity index (χ1n) is 8.93. The number of amides is 1. The normalized spacial score (nSPS) is 11.8. The topological polar surface area (TPSA) is 81.7 Å².